The van der Waals surface area contributed by atoms with Crippen LogP contribution in [0.15, 0.2) is 59.8 Å². The van der Waals surface area contributed by atoms with Crippen molar-refractivity contribution in [2.24, 2.45) is 0 Å². The number of rotatable bonds is 5. The molecule has 140 valence electrons. The van der Waals surface area contributed by atoms with Crippen molar-refractivity contribution < 1.29 is 14.3 Å². The second-order valence-electron chi connectivity index (χ2n) is 6.04. The fourth-order valence-corrected chi connectivity index (χ4v) is 3.12. The normalized spacial score (nSPS) is 16.4. The van der Waals surface area contributed by atoms with Crippen molar-refractivity contribution in [2.75, 3.05) is 11.9 Å². The fourth-order valence-electron chi connectivity index (χ4n) is 2.93. The fraction of sp³-hybridized carbons (Fsp3) is 0.200. The number of halogens is 1. The van der Waals surface area contributed by atoms with E-state index in [0.29, 0.717) is 28.6 Å². The van der Waals surface area contributed by atoms with E-state index >= 15 is 0 Å². The summed E-state index contributed by atoms with van der Waals surface area (Å²) >= 11 is 5.98. The smallest absolute Gasteiger partial charge is 0.319 e. The summed E-state index contributed by atoms with van der Waals surface area (Å²) in [6, 6.07) is 13.3. The molecular formula is C20H20ClN3O3. The zero-order valence-corrected chi connectivity index (χ0v) is 15.8. The SMILES string of the molecule is CCOc1ccc([C@H]2NC(=O)NC(C)=C2C(=O)Nc2cccc(Cl)c2)cc1. The number of benzene rings is 2. The number of carbonyl (C=O) groups is 2. The first kappa shape index (κ1) is 18.8. The standard InChI is InChI=1S/C20H20ClN3O3/c1-3-27-16-9-7-13(8-10-16)18-17(12(2)22-20(26)24-18)19(25)23-15-6-4-5-14(21)11-15/h4-11,18H,3H2,1-2H3,(H,23,25)(H2,22,24,26)/t18-/m1/s1. The van der Waals surface area contributed by atoms with Crippen LogP contribution >= 0.6 is 11.6 Å². The summed E-state index contributed by atoms with van der Waals surface area (Å²) in [7, 11) is 0. The van der Waals surface area contributed by atoms with Gasteiger partial charge in [0.2, 0.25) is 0 Å². The lowest BCUT2D eigenvalue weighted by Crippen LogP contribution is -2.45. The third-order valence-electron chi connectivity index (χ3n) is 4.12. The van der Waals surface area contributed by atoms with Crippen molar-refractivity contribution in [3.8, 4) is 5.75 Å². The molecule has 2 aromatic rings. The number of carbonyl (C=O) groups excluding carboxylic acids is 2. The van der Waals surface area contributed by atoms with E-state index in [1.54, 1.807) is 31.2 Å². The zero-order chi connectivity index (χ0) is 19.4. The molecule has 0 saturated heterocycles. The van der Waals surface area contributed by atoms with Gasteiger partial charge in [-0.05, 0) is 49.7 Å². The van der Waals surface area contributed by atoms with E-state index in [0.717, 1.165) is 11.3 Å². The molecule has 0 spiro atoms. The molecular weight excluding hydrogens is 366 g/mol. The summed E-state index contributed by atoms with van der Waals surface area (Å²) < 4.78 is 5.45. The predicted molar refractivity (Wildman–Crippen MR) is 105 cm³/mol. The summed E-state index contributed by atoms with van der Waals surface area (Å²) in [4.78, 5) is 24.9. The summed E-state index contributed by atoms with van der Waals surface area (Å²) in [6.07, 6.45) is 0. The van der Waals surface area contributed by atoms with E-state index in [4.69, 9.17) is 16.3 Å². The van der Waals surface area contributed by atoms with E-state index in [-0.39, 0.29) is 11.9 Å². The molecule has 6 nitrogen and oxygen atoms in total. The van der Waals surface area contributed by atoms with Crippen LogP contribution in [0.5, 0.6) is 5.75 Å². The minimum atomic E-state index is -0.575. The minimum absolute atomic E-state index is 0.318. The van der Waals surface area contributed by atoms with Crippen LogP contribution in [0.3, 0.4) is 0 Å². The van der Waals surface area contributed by atoms with Gasteiger partial charge in [0.05, 0.1) is 18.2 Å². The molecule has 0 aliphatic carbocycles. The summed E-state index contributed by atoms with van der Waals surface area (Å²) in [5.41, 5.74) is 2.29. The summed E-state index contributed by atoms with van der Waals surface area (Å²) in [6.45, 7) is 4.17. The Morgan fingerprint density at radius 3 is 2.63 bits per heavy atom. The zero-order valence-electron chi connectivity index (χ0n) is 15.0. The number of allylic oxidation sites excluding steroid dienone is 1. The number of ether oxygens (including phenoxy) is 1. The maximum absolute atomic E-state index is 12.9. The number of urea groups is 1. The Morgan fingerprint density at radius 2 is 1.96 bits per heavy atom. The van der Waals surface area contributed by atoms with Crippen molar-refractivity contribution in [2.45, 2.75) is 19.9 Å². The van der Waals surface area contributed by atoms with Crippen molar-refractivity contribution in [3.05, 3.63) is 70.4 Å². The molecule has 0 unspecified atom stereocenters. The number of hydrogen-bond donors (Lipinski definition) is 3. The number of hydrogen-bond acceptors (Lipinski definition) is 3. The Balaban J connectivity index is 1.90. The lowest BCUT2D eigenvalue weighted by atomic mass is 9.94. The molecule has 0 bridgehead atoms. The van der Waals surface area contributed by atoms with Crippen LogP contribution in [-0.2, 0) is 4.79 Å². The molecule has 0 fully saturated rings. The Bertz CT molecular complexity index is 894. The van der Waals surface area contributed by atoms with E-state index in [9.17, 15) is 9.59 Å². The van der Waals surface area contributed by atoms with Crippen LogP contribution in [0.1, 0.15) is 25.5 Å². The van der Waals surface area contributed by atoms with Gasteiger partial charge in [-0.3, -0.25) is 4.79 Å². The van der Waals surface area contributed by atoms with Crippen LogP contribution in [0, 0.1) is 0 Å². The number of anilines is 1. The van der Waals surface area contributed by atoms with Gasteiger partial charge < -0.3 is 20.7 Å². The molecule has 1 aliphatic heterocycles. The maximum atomic E-state index is 12.9. The lowest BCUT2D eigenvalue weighted by molar-refractivity contribution is -0.113. The van der Waals surface area contributed by atoms with Gasteiger partial charge in [-0.25, -0.2) is 4.79 Å². The van der Waals surface area contributed by atoms with Gasteiger partial charge >= 0.3 is 6.03 Å². The molecule has 27 heavy (non-hydrogen) atoms. The second-order valence-corrected chi connectivity index (χ2v) is 6.47. The molecule has 3 rings (SSSR count). The topological polar surface area (TPSA) is 79.5 Å². The average Bonchev–Trinajstić information content (AvgIpc) is 2.62. The highest BCUT2D eigenvalue weighted by atomic mass is 35.5. The Labute approximate surface area is 162 Å². The van der Waals surface area contributed by atoms with E-state index < -0.39 is 6.04 Å². The van der Waals surface area contributed by atoms with Gasteiger partial charge in [0, 0.05) is 16.4 Å². The van der Waals surface area contributed by atoms with Crippen molar-refractivity contribution in [3.63, 3.8) is 0 Å². The van der Waals surface area contributed by atoms with Gasteiger partial charge in [-0.15, -0.1) is 0 Å². The monoisotopic (exact) mass is 385 g/mol. The van der Waals surface area contributed by atoms with Crippen molar-refractivity contribution in [1.82, 2.24) is 10.6 Å². The second kappa shape index (κ2) is 8.14. The minimum Gasteiger partial charge on any atom is -0.494 e. The van der Waals surface area contributed by atoms with Crippen LogP contribution in [0.25, 0.3) is 0 Å². The first-order valence-corrected chi connectivity index (χ1v) is 8.93. The molecule has 1 atom stereocenters. The van der Waals surface area contributed by atoms with Crippen molar-refractivity contribution >= 4 is 29.2 Å². The van der Waals surface area contributed by atoms with E-state index in [2.05, 4.69) is 16.0 Å². The summed E-state index contributed by atoms with van der Waals surface area (Å²) in [5.74, 6) is 0.410. The molecule has 0 aromatic heterocycles. The van der Waals surface area contributed by atoms with Gasteiger partial charge in [0.1, 0.15) is 5.75 Å². The molecule has 7 heteroatoms. The highest BCUT2D eigenvalue weighted by molar-refractivity contribution is 6.31. The molecule has 1 heterocycles. The molecule has 0 saturated carbocycles. The van der Waals surface area contributed by atoms with E-state index in [1.807, 2.05) is 31.2 Å². The highest BCUT2D eigenvalue weighted by Gasteiger charge is 2.31. The summed E-state index contributed by atoms with van der Waals surface area (Å²) in [5, 5.41) is 8.82. The molecule has 1 aliphatic rings. The largest absolute Gasteiger partial charge is 0.494 e. The van der Waals surface area contributed by atoms with Gasteiger partial charge in [-0.1, -0.05) is 29.8 Å². The molecule has 0 radical (unpaired) electrons. The van der Waals surface area contributed by atoms with Gasteiger partial charge in [0.15, 0.2) is 0 Å². The first-order chi connectivity index (χ1) is 13.0. The first-order valence-electron chi connectivity index (χ1n) is 8.56. The van der Waals surface area contributed by atoms with Crippen LogP contribution in [0.4, 0.5) is 10.5 Å². The third-order valence-corrected chi connectivity index (χ3v) is 4.36. The van der Waals surface area contributed by atoms with Crippen LogP contribution in [-0.4, -0.2) is 18.5 Å². The van der Waals surface area contributed by atoms with Crippen LogP contribution < -0.4 is 20.7 Å². The molecule has 3 amide bonds. The van der Waals surface area contributed by atoms with E-state index in [1.165, 1.54) is 0 Å². The Hall–Kier alpha value is -2.99. The average molecular weight is 386 g/mol. The van der Waals surface area contributed by atoms with Crippen molar-refractivity contribution in [1.29, 1.82) is 0 Å². The Morgan fingerprint density at radius 1 is 1.22 bits per heavy atom. The molecule has 3 N–H and O–H groups in total. The van der Waals surface area contributed by atoms with Crippen LogP contribution in [0.2, 0.25) is 5.02 Å². The number of nitrogens with one attached hydrogen (secondary N) is 3. The Kier molecular flexibility index (Phi) is 5.66. The number of amides is 3. The lowest BCUT2D eigenvalue weighted by Gasteiger charge is -2.28. The third kappa shape index (κ3) is 4.41. The highest BCUT2D eigenvalue weighted by Crippen LogP contribution is 2.29. The quantitative estimate of drug-likeness (QED) is 0.727. The molecule has 2 aromatic carbocycles. The predicted octanol–water partition coefficient (Wildman–Crippen LogP) is 4.01. The van der Waals surface area contributed by atoms with Gasteiger partial charge in [-0.2, -0.15) is 0 Å². The maximum Gasteiger partial charge on any atom is 0.319 e. The van der Waals surface area contributed by atoms with Gasteiger partial charge in [0.25, 0.3) is 5.91 Å².